The van der Waals surface area contributed by atoms with Crippen LogP contribution in [0, 0.1) is 20.8 Å². The largest absolute Gasteiger partial charge is 0.271 e. The van der Waals surface area contributed by atoms with Gasteiger partial charge in [-0.2, -0.15) is 9.40 Å². The second-order valence-corrected chi connectivity index (χ2v) is 11.4. The second-order valence-electron chi connectivity index (χ2n) is 7.53. The molecule has 1 aliphatic rings. The first-order valence-corrected chi connectivity index (χ1v) is 12.6. The van der Waals surface area contributed by atoms with E-state index in [1.54, 1.807) is 31.6 Å². The standard InChI is InChI=1S/C19H28N4O4S2/c1-15-7-5-8-18(13-15)14-28(24,25)22-9-6-10-23(12-11-22)29(26,27)19-16(2)20-21(4)17(19)3/h5,7-8,13H,6,9-12,14H2,1-4H3. The van der Waals surface area contributed by atoms with Gasteiger partial charge in [-0.15, -0.1) is 0 Å². The maximum atomic E-state index is 13.2. The van der Waals surface area contributed by atoms with Crippen LogP contribution in [0.15, 0.2) is 29.2 Å². The van der Waals surface area contributed by atoms with Gasteiger partial charge in [-0.05, 0) is 32.8 Å². The number of hydrogen-bond acceptors (Lipinski definition) is 5. The highest BCUT2D eigenvalue weighted by Gasteiger charge is 2.34. The Morgan fingerprint density at radius 2 is 1.62 bits per heavy atom. The van der Waals surface area contributed by atoms with Crippen molar-refractivity contribution in [3.05, 3.63) is 46.8 Å². The van der Waals surface area contributed by atoms with E-state index in [0.717, 1.165) is 11.1 Å². The molecule has 160 valence electrons. The normalized spacial score (nSPS) is 17.4. The van der Waals surface area contributed by atoms with Gasteiger partial charge in [0.15, 0.2) is 0 Å². The van der Waals surface area contributed by atoms with Crippen LogP contribution in [0.5, 0.6) is 0 Å². The summed E-state index contributed by atoms with van der Waals surface area (Å²) in [5, 5.41) is 4.21. The Balaban J connectivity index is 1.78. The van der Waals surface area contributed by atoms with E-state index in [2.05, 4.69) is 5.10 Å². The first-order valence-electron chi connectivity index (χ1n) is 9.56. The quantitative estimate of drug-likeness (QED) is 0.704. The van der Waals surface area contributed by atoms with Crippen molar-refractivity contribution < 1.29 is 16.8 Å². The fraction of sp³-hybridized carbons (Fsp3) is 0.526. The van der Waals surface area contributed by atoms with E-state index in [4.69, 9.17) is 0 Å². The number of aromatic nitrogens is 2. The molecule has 1 fully saturated rings. The molecule has 0 saturated carbocycles. The molecule has 0 unspecified atom stereocenters. The summed E-state index contributed by atoms with van der Waals surface area (Å²) >= 11 is 0. The molecule has 29 heavy (non-hydrogen) atoms. The summed E-state index contributed by atoms with van der Waals surface area (Å²) in [7, 11) is -5.55. The molecule has 2 heterocycles. The number of rotatable bonds is 5. The molecule has 0 bridgehead atoms. The van der Waals surface area contributed by atoms with Crippen LogP contribution in [-0.4, -0.2) is 61.4 Å². The van der Waals surface area contributed by atoms with E-state index < -0.39 is 20.0 Å². The van der Waals surface area contributed by atoms with Gasteiger partial charge in [-0.25, -0.2) is 21.1 Å². The molecule has 0 N–H and O–H groups in total. The molecule has 1 saturated heterocycles. The van der Waals surface area contributed by atoms with E-state index in [-0.39, 0.29) is 30.3 Å². The lowest BCUT2D eigenvalue weighted by Gasteiger charge is -2.22. The summed E-state index contributed by atoms with van der Waals surface area (Å²) in [5.74, 6) is -0.0811. The lowest BCUT2D eigenvalue weighted by Crippen LogP contribution is -2.38. The van der Waals surface area contributed by atoms with Gasteiger partial charge in [-0.1, -0.05) is 29.8 Å². The molecule has 0 radical (unpaired) electrons. The van der Waals surface area contributed by atoms with Gasteiger partial charge < -0.3 is 0 Å². The highest BCUT2D eigenvalue weighted by molar-refractivity contribution is 7.89. The number of aryl methyl sites for hydroxylation is 3. The molecule has 1 aromatic carbocycles. The average molecular weight is 441 g/mol. The Labute approximate surface area is 173 Å². The third kappa shape index (κ3) is 4.55. The molecular weight excluding hydrogens is 412 g/mol. The Kier molecular flexibility index (Phi) is 6.19. The molecule has 0 atom stereocenters. The zero-order chi connectivity index (χ0) is 21.4. The van der Waals surface area contributed by atoms with E-state index in [0.29, 0.717) is 24.4 Å². The van der Waals surface area contributed by atoms with E-state index in [1.807, 2.05) is 25.1 Å². The van der Waals surface area contributed by atoms with Crippen LogP contribution in [0.1, 0.15) is 28.9 Å². The van der Waals surface area contributed by atoms with E-state index in [1.165, 1.54) is 8.61 Å². The number of sulfonamides is 2. The molecule has 2 aromatic rings. The van der Waals surface area contributed by atoms with Gasteiger partial charge in [0.25, 0.3) is 0 Å². The summed E-state index contributed by atoms with van der Waals surface area (Å²) in [5.41, 5.74) is 2.78. The average Bonchev–Trinajstić information content (AvgIpc) is 2.80. The topological polar surface area (TPSA) is 92.6 Å². The first kappa shape index (κ1) is 21.9. The van der Waals surface area contributed by atoms with Gasteiger partial charge in [-0.3, -0.25) is 4.68 Å². The Bertz CT molecular complexity index is 1110. The second kappa shape index (κ2) is 8.17. The zero-order valence-corrected chi connectivity index (χ0v) is 18.9. The Hall–Kier alpha value is -1.75. The SMILES string of the molecule is Cc1cccc(CS(=O)(=O)N2CCCN(S(=O)(=O)c3c(C)nn(C)c3C)CC2)c1. The lowest BCUT2D eigenvalue weighted by atomic mass is 10.2. The van der Waals surface area contributed by atoms with Crippen LogP contribution in [0.25, 0.3) is 0 Å². The molecule has 1 aromatic heterocycles. The van der Waals surface area contributed by atoms with Crippen LogP contribution in [-0.2, 0) is 32.8 Å². The van der Waals surface area contributed by atoms with Crippen molar-refractivity contribution in [2.24, 2.45) is 7.05 Å². The van der Waals surface area contributed by atoms with Crippen molar-refractivity contribution >= 4 is 20.0 Å². The van der Waals surface area contributed by atoms with Crippen molar-refractivity contribution in [1.29, 1.82) is 0 Å². The predicted molar refractivity (Wildman–Crippen MR) is 111 cm³/mol. The molecule has 0 aliphatic carbocycles. The molecule has 10 heteroatoms. The van der Waals surface area contributed by atoms with Crippen LogP contribution >= 0.6 is 0 Å². The van der Waals surface area contributed by atoms with Crippen LogP contribution in [0.3, 0.4) is 0 Å². The van der Waals surface area contributed by atoms with Crippen LogP contribution in [0.4, 0.5) is 0 Å². The van der Waals surface area contributed by atoms with Crippen molar-refractivity contribution in [1.82, 2.24) is 18.4 Å². The Morgan fingerprint density at radius 3 is 2.24 bits per heavy atom. The number of hydrogen-bond donors (Lipinski definition) is 0. The summed E-state index contributed by atoms with van der Waals surface area (Å²) < 4.78 is 56.5. The molecule has 0 spiro atoms. The van der Waals surface area contributed by atoms with Crippen LogP contribution < -0.4 is 0 Å². The van der Waals surface area contributed by atoms with Gasteiger partial charge >= 0.3 is 0 Å². The minimum atomic E-state index is -3.73. The Morgan fingerprint density at radius 1 is 0.966 bits per heavy atom. The van der Waals surface area contributed by atoms with Gasteiger partial charge in [0.05, 0.1) is 17.1 Å². The molecule has 3 rings (SSSR count). The van der Waals surface area contributed by atoms with Gasteiger partial charge in [0.1, 0.15) is 4.90 Å². The predicted octanol–water partition coefficient (Wildman–Crippen LogP) is 1.57. The summed E-state index contributed by atoms with van der Waals surface area (Å²) in [4.78, 5) is 0.219. The minimum Gasteiger partial charge on any atom is -0.271 e. The number of benzene rings is 1. The van der Waals surface area contributed by atoms with Crippen LogP contribution in [0.2, 0.25) is 0 Å². The zero-order valence-electron chi connectivity index (χ0n) is 17.3. The smallest absolute Gasteiger partial charge is 0.246 e. The lowest BCUT2D eigenvalue weighted by molar-refractivity contribution is 0.404. The molecule has 0 amide bonds. The highest BCUT2D eigenvalue weighted by atomic mass is 32.2. The fourth-order valence-corrected chi connectivity index (χ4v) is 7.17. The maximum Gasteiger partial charge on any atom is 0.246 e. The minimum absolute atomic E-state index is 0.0811. The van der Waals surface area contributed by atoms with Crippen molar-refractivity contribution in [3.8, 4) is 0 Å². The van der Waals surface area contributed by atoms with Gasteiger partial charge in [0, 0.05) is 33.2 Å². The first-order chi connectivity index (χ1) is 13.5. The highest BCUT2D eigenvalue weighted by Crippen LogP contribution is 2.25. The molecule has 1 aliphatic heterocycles. The molecule has 8 nitrogen and oxygen atoms in total. The van der Waals surface area contributed by atoms with E-state index in [9.17, 15) is 16.8 Å². The number of nitrogens with zero attached hydrogens (tertiary/aromatic N) is 4. The third-order valence-electron chi connectivity index (χ3n) is 5.28. The third-order valence-corrected chi connectivity index (χ3v) is 9.28. The maximum absolute atomic E-state index is 13.2. The monoisotopic (exact) mass is 440 g/mol. The summed E-state index contributed by atoms with van der Waals surface area (Å²) in [6.45, 7) is 6.19. The van der Waals surface area contributed by atoms with E-state index >= 15 is 0 Å². The fourth-order valence-electron chi connectivity index (χ4n) is 3.75. The summed E-state index contributed by atoms with van der Waals surface area (Å²) in [6, 6.07) is 7.43. The van der Waals surface area contributed by atoms with Crippen molar-refractivity contribution in [2.75, 3.05) is 26.2 Å². The summed E-state index contributed by atoms with van der Waals surface area (Å²) in [6.07, 6.45) is 0.449. The molecular formula is C19H28N4O4S2. The van der Waals surface area contributed by atoms with Crippen molar-refractivity contribution in [2.45, 2.75) is 37.8 Å². The van der Waals surface area contributed by atoms with Gasteiger partial charge in [0.2, 0.25) is 20.0 Å². The van der Waals surface area contributed by atoms with Crippen molar-refractivity contribution in [3.63, 3.8) is 0 Å².